The summed E-state index contributed by atoms with van der Waals surface area (Å²) in [5, 5.41) is 8.46. The highest BCUT2D eigenvalue weighted by Crippen LogP contribution is 2.25. The van der Waals surface area contributed by atoms with E-state index in [4.69, 9.17) is 4.74 Å². The number of benzene rings is 1. The van der Waals surface area contributed by atoms with E-state index >= 15 is 0 Å². The molecule has 6 nitrogen and oxygen atoms in total. The molecule has 1 amide bonds. The summed E-state index contributed by atoms with van der Waals surface area (Å²) < 4.78 is 5.53. The lowest BCUT2D eigenvalue weighted by atomic mass is 10.1. The second-order valence-electron chi connectivity index (χ2n) is 7.13. The van der Waals surface area contributed by atoms with Gasteiger partial charge in [-0.25, -0.2) is 9.78 Å². The first kappa shape index (κ1) is 19.4. The minimum atomic E-state index is -0.974. The summed E-state index contributed by atoms with van der Waals surface area (Å²) in [5.74, 6) is -0.288. The molecule has 0 bridgehead atoms. The highest BCUT2D eigenvalue weighted by molar-refractivity contribution is 7.13. The second kappa shape index (κ2) is 8.99. The number of carbonyl (C=O) groups is 2. The first-order valence-electron chi connectivity index (χ1n) is 9.28. The number of carbonyl (C=O) groups excluding carboxylic acids is 2. The molecule has 0 aliphatic heterocycles. The van der Waals surface area contributed by atoms with Gasteiger partial charge in [-0.15, -0.1) is 11.3 Å². The first-order chi connectivity index (χ1) is 13.0. The van der Waals surface area contributed by atoms with Crippen molar-refractivity contribution in [2.75, 3.05) is 11.9 Å². The molecule has 1 aromatic heterocycles. The monoisotopic (exact) mass is 387 g/mol. The van der Waals surface area contributed by atoms with Crippen molar-refractivity contribution in [3.05, 3.63) is 47.0 Å². The van der Waals surface area contributed by atoms with Gasteiger partial charge in [-0.2, -0.15) is 0 Å². The van der Waals surface area contributed by atoms with Crippen LogP contribution in [0.25, 0.3) is 0 Å². The third kappa shape index (κ3) is 5.79. The maximum atomic E-state index is 12.6. The predicted octanol–water partition coefficient (Wildman–Crippen LogP) is 3.78. The number of aromatic nitrogens is 1. The third-order valence-electron chi connectivity index (χ3n) is 4.20. The Balaban J connectivity index is 1.65. The van der Waals surface area contributed by atoms with Gasteiger partial charge in [-0.05, 0) is 25.2 Å². The van der Waals surface area contributed by atoms with Gasteiger partial charge in [0.1, 0.15) is 0 Å². The zero-order valence-corrected chi connectivity index (χ0v) is 16.4. The van der Waals surface area contributed by atoms with Crippen LogP contribution in [0.3, 0.4) is 0 Å². The van der Waals surface area contributed by atoms with Gasteiger partial charge >= 0.3 is 5.97 Å². The number of anilines is 1. The molecule has 1 heterocycles. The van der Waals surface area contributed by atoms with Crippen LogP contribution < -0.4 is 10.6 Å². The number of thiazole rings is 1. The summed E-state index contributed by atoms with van der Waals surface area (Å²) in [6, 6.07) is 9.25. The Morgan fingerprint density at radius 1 is 1.26 bits per heavy atom. The van der Waals surface area contributed by atoms with Crippen LogP contribution in [0.1, 0.15) is 55.3 Å². The molecule has 0 unspecified atom stereocenters. The topological polar surface area (TPSA) is 80.3 Å². The van der Waals surface area contributed by atoms with Gasteiger partial charge in [0.15, 0.2) is 10.8 Å². The van der Waals surface area contributed by atoms with Gasteiger partial charge < -0.3 is 15.4 Å². The number of esters is 1. The van der Waals surface area contributed by atoms with Gasteiger partial charge in [-0.3, -0.25) is 4.79 Å². The minimum absolute atomic E-state index is 0.193. The number of nitrogens with one attached hydrogen (secondary N) is 2. The SMILES string of the molecule is CC(C)CCNc1nc(C(=O)O[C@H](C(=O)NC2CC2)c2ccccc2)cs1. The maximum Gasteiger partial charge on any atom is 0.359 e. The first-order valence-corrected chi connectivity index (χ1v) is 10.2. The molecule has 0 spiro atoms. The van der Waals surface area contributed by atoms with Crippen molar-refractivity contribution in [3.8, 4) is 0 Å². The summed E-state index contributed by atoms with van der Waals surface area (Å²) >= 11 is 1.36. The second-order valence-corrected chi connectivity index (χ2v) is 7.98. The summed E-state index contributed by atoms with van der Waals surface area (Å²) in [5.41, 5.74) is 0.863. The smallest absolute Gasteiger partial charge is 0.359 e. The molecule has 2 N–H and O–H groups in total. The molecule has 0 radical (unpaired) electrons. The summed E-state index contributed by atoms with van der Waals surface area (Å²) in [6.45, 7) is 5.11. The molecule has 1 aliphatic rings. The Bertz CT molecular complexity index is 772. The Hall–Kier alpha value is -2.41. The lowest BCUT2D eigenvalue weighted by Gasteiger charge is -2.17. The lowest BCUT2D eigenvalue weighted by Crippen LogP contribution is -2.33. The van der Waals surface area contributed by atoms with E-state index in [1.807, 2.05) is 18.2 Å². The van der Waals surface area contributed by atoms with Crippen molar-refractivity contribution in [2.45, 2.75) is 45.3 Å². The summed E-state index contributed by atoms with van der Waals surface area (Å²) in [7, 11) is 0. The summed E-state index contributed by atoms with van der Waals surface area (Å²) in [4.78, 5) is 29.4. The van der Waals surface area contributed by atoms with Crippen molar-refractivity contribution in [3.63, 3.8) is 0 Å². The largest absolute Gasteiger partial charge is 0.443 e. The van der Waals surface area contributed by atoms with Gasteiger partial charge in [0.05, 0.1) is 0 Å². The van der Waals surface area contributed by atoms with E-state index < -0.39 is 12.1 Å². The minimum Gasteiger partial charge on any atom is -0.443 e. The fourth-order valence-electron chi connectivity index (χ4n) is 2.49. The van der Waals surface area contributed by atoms with Crippen LogP contribution >= 0.6 is 11.3 Å². The van der Waals surface area contributed by atoms with Crippen LogP contribution in [-0.4, -0.2) is 29.4 Å². The van der Waals surface area contributed by atoms with Crippen LogP contribution in [0, 0.1) is 5.92 Å². The number of hydrogen-bond acceptors (Lipinski definition) is 6. The molecule has 1 saturated carbocycles. The molecular weight excluding hydrogens is 362 g/mol. The van der Waals surface area contributed by atoms with Gasteiger partial charge in [0, 0.05) is 23.5 Å². The van der Waals surface area contributed by atoms with Crippen molar-refractivity contribution < 1.29 is 14.3 Å². The zero-order valence-electron chi connectivity index (χ0n) is 15.6. The Labute approximate surface area is 163 Å². The molecule has 1 aliphatic carbocycles. The molecule has 2 aromatic rings. The third-order valence-corrected chi connectivity index (χ3v) is 5.00. The average molecular weight is 388 g/mol. The van der Waals surface area contributed by atoms with Crippen molar-refractivity contribution in [1.82, 2.24) is 10.3 Å². The molecule has 144 valence electrons. The number of amides is 1. The zero-order chi connectivity index (χ0) is 19.2. The molecule has 7 heteroatoms. The molecule has 27 heavy (non-hydrogen) atoms. The normalized spacial score (nSPS) is 14.6. The van der Waals surface area contributed by atoms with Crippen LogP contribution in [0.2, 0.25) is 0 Å². The average Bonchev–Trinajstić information content (AvgIpc) is 3.34. The van der Waals surface area contributed by atoms with Gasteiger partial charge in [0.2, 0.25) is 6.10 Å². The highest BCUT2D eigenvalue weighted by atomic mass is 32.1. The van der Waals surface area contributed by atoms with E-state index in [1.54, 1.807) is 17.5 Å². The van der Waals surface area contributed by atoms with Crippen LogP contribution in [0.15, 0.2) is 35.7 Å². The Morgan fingerprint density at radius 2 is 2.00 bits per heavy atom. The van der Waals surface area contributed by atoms with Gasteiger partial charge in [-0.1, -0.05) is 44.2 Å². The van der Waals surface area contributed by atoms with E-state index in [1.165, 1.54) is 11.3 Å². The molecular formula is C20H25N3O3S. The van der Waals surface area contributed by atoms with E-state index in [9.17, 15) is 9.59 Å². The molecule has 1 aromatic carbocycles. The molecule has 3 rings (SSSR count). The van der Waals surface area contributed by atoms with E-state index in [2.05, 4.69) is 29.5 Å². The molecule has 1 fully saturated rings. The van der Waals surface area contributed by atoms with Crippen molar-refractivity contribution in [2.24, 2.45) is 5.92 Å². The Kier molecular flexibility index (Phi) is 6.45. The molecule has 0 saturated heterocycles. The fraction of sp³-hybridized carbons (Fsp3) is 0.450. The summed E-state index contributed by atoms with van der Waals surface area (Å²) in [6.07, 6.45) is 1.99. The van der Waals surface area contributed by atoms with E-state index in [0.717, 1.165) is 25.8 Å². The van der Waals surface area contributed by atoms with Gasteiger partial charge in [0.25, 0.3) is 5.91 Å². The number of ether oxygens (including phenoxy) is 1. The highest BCUT2D eigenvalue weighted by Gasteiger charge is 2.31. The lowest BCUT2D eigenvalue weighted by molar-refractivity contribution is -0.130. The predicted molar refractivity (Wildman–Crippen MR) is 106 cm³/mol. The Morgan fingerprint density at radius 3 is 2.67 bits per heavy atom. The quantitative estimate of drug-likeness (QED) is 0.640. The van der Waals surface area contributed by atoms with Crippen molar-refractivity contribution >= 4 is 28.3 Å². The van der Waals surface area contributed by atoms with Crippen LogP contribution in [0.4, 0.5) is 5.13 Å². The van der Waals surface area contributed by atoms with Crippen LogP contribution in [0.5, 0.6) is 0 Å². The number of rotatable bonds is 9. The van der Waals surface area contributed by atoms with E-state index in [-0.39, 0.29) is 17.6 Å². The number of hydrogen-bond donors (Lipinski definition) is 2. The van der Waals surface area contributed by atoms with E-state index in [0.29, 0.717) is 16.6 Å². The fourth-order valence-corrected chi connectivity index (χ4v) is 3.20. The number of nitrogens with zero attached hydrogens (tertiary/aromatic N) is 1. The molecule has 1 atom stereocenters. The maximum absolute atomic E-state index is 12.6. The standard InChI is InChI=1S/C20H25N3O3S/c1-13(2)10-11-21-20-23-16(12-27-20)19(25)26-17(14-6-4-3-5-7-14)18(24)22-15-8-9-15/h3-7,12-13,15,17H,8-11H2,1-2H3,(H,21,23)(H,22,24)/t17-/m0/s1. The van der Waals surface area contributed by atoms with Crippen molar-refractivity contribution in [1.29, 1.82) is 0 Å². The van der Waals surface area contributed by atoms with Crippen LogP contribution in [-0.2, 0) is 9.53 Å².